The maximum absolute atomic E-state index is 13.2. The van der Waals surface area contributed by atoms with E-state index in [0.717, 1.165) is 28.0 Å². The van der Waals surface area contributed by atoms with Crippen molar-refractivity contribution in [2.75, 3.05) is 18.5 Å². The highest BCUT2D eigenvalue weighted by Gasteiger charge is 2.56. The zero-order valence-corrected chi connectivity index (χ0v) is 22.2. The van der Waals surface area contributed by atoms with Crippen LogP contribution < -0.4 is 14.9 Å². The molecule has 3 aromatic rings. The van der Waals surface area contributed by atoms with E-state index in [9.17, 15) is 29.1 Å². The van der Waals surface area contributed by atoms with Crippen molar-refractivity contribution in [2.24, 2.45) is 5.92 Å². The van der Waals surface area contributed by atoms with Gasteiger partial charge in [0.2, 0.25) is 11.8 Å². The number of carbonyl (C=O) groups is 4. The third kappa shape index (κ3) is 5.04. The number of imide groups is 1. The molecule has 10 nitrogen and oxygen atoms in total. The first-order valence-corrected chi connectivity index (χ1v) is 13.5. The first kappa shape index (κ1) is 26.3. The van der Waals surface area contributed by atoms with E-state index in [1.54, 1.807) is 36.4 Å². The molecule has 0 radical (unpaired) electrons. The number of aromatic nitrogens is 1. The van der Waals surface area contributed by atoms with Gasteiger partial charge in [-0.25, -0.2) is 0 Å². The van der Waals surface area contributed by atoms with Gasteiger partial charge < -0.3 is 20.1 Å². The third-order valence-corrected chi connectivity index (χ3v) is 9.14. The number of hydrogen-bond donors (Lipinski definition) is 3. The summed E-state index contributed by atoms with van der Waals surface area (Å²) in [6.07, 6.45) is 0. The topological polar surface area (TPSA) is 146 Å². The van der Waals surface area contributed by atoms with Crippen LogP contribution in [0, 0.1) is 5.92 Å². The lowest BCUT2D eigenvalue weighted by Crippen LogP contribution is -2.36. The number of nitrogens with zero attached hydrogens (tertiary/aromatic N) is 1. The van der Waals surface area contributed by atoms with Crippen molar-refractivity contribution in [1.82, 2.24) is 9.88 Å². The van der Waals surface area contributed by atoms with E-state index in [1.165, 1.54) is 6.07 Å². The molecule has 2 aliphatic heterocycles. The molecular formula is C24H17Cl2N3O7S2. The Kier molecular flexibility index (Phi) is 7.23. The van der Waals surface area contributed by atoms with Gasteiger partial charge in [-0.3, -0.25) is 28.9 Å². The van der Waals surface area contributed by atoms with Crippen LogP contribution in [-0.2, 0) is 19.2 Å². The molecule has 5 rings (SSSR count). The number of amides is 3. The van der Waals surface area contributed by atoms with Crippen LogP contribution in [0.3, 0.4) is 0 Å². The molecule has 2 unspecified atom stereocenters. The number of anilines is 1. The fourth-order valence-electron chi connectivity index (χ4n) is 4.44. The molecule has 3 atom stereocenters. The van der Waals surface area contributed by atoms with E-state index < -0.39 is 47.3 Å². The minimum atomic E-state index is -1.30. The Labute approximate surface area is 232 Å². The summed E-state index contributed by atoms with van der Waals surface area (Å²) < 4.78 is 5.67. The molecule has 1 saturated heterocycles. The first-order chi connectivity index (χ1) is 18.1. The van der Waals surface area contributed by atoms with Gasteiger partial charge >= 0.3 is 10.8 Å². The normalized spacial score (nSPS) is 20.2. The van der Waals surface area contributed by atoms with Crippen molar-refractivity contribution in [3.63, 3.8) is 0 Å². The van der Waals surface area contributed by atoms with E-state index in [-0.39, 0.29) is 16.5 Å². The number of benzene rings is 2. The largest absolute Gasteiger partial charge is 0.484 e. The summed E-state index contributed by atoms with van der Waals surface area (Å²) in [4.78, 5) is 65.8. The van der Waals surface area contributed by atoms with Crippen molar-refractivity contribution in [2.45, 2.75) is 16.2 Å². The van der Waals surface area contributed by atoms with E-state index in [4.69, 9.17) is 27.9 Å². The van der Waals surface area contributed by atoms with Gasteiger partial charge in [-0.05, 0) is 35.9 Å². The van der Waals surface area contributed by atoms with E-state index >= 15 is 0 Å². The molecule has 1 aromatic heterocycles. The second kappa shape index (κ2) is 10.4. The highest BCUT2D eigenvalue weighted by Crippen LogP contribution is 2.52. The fourth-order valence-corrected chi connectivity index (χ4v) is 7.28. The van der Waals surface area contributed by atoms with E-state index in [2.05, 4.69) is 10.3 Å². The Morgan fingerprint density at radius 3 is 2.61 bits per heavy atom. The van der Waals surface area contributed by atoms with Gasteiger partial charge in [0.15, 0.2) is 6.61 Å². The van der Waals surface area contributed by atoms with Crippen LogP contribution in [0.1, 0.15) is 16.4 Å². The van der Waals surface area contributed by atoms with Crippen LogP contribution in [0.15, 0.2) is 52.3 Å². The van der Waals surface area contributed by atoms with Crippen molar-refractivity contribution < 1.29 is 29.0 Å². The minimum Gasteiger partial charge on any atom is -0.484 e. The average Bonchev–Trinajstić information content (AvgIpc) is 3.35. The Hall–Kier alpha value is -3.32. The molecule has 14 heteroatoms. The summed E-state index contributed by atoms with van der Waals surface area (Å²) in [5, 5.41) is 12.1. The number of thiazole rings is 1. The summed E-state index contributed by atoms with van der Waals surface area (Å²) in [6, 6.07) is 11.3. The van der Waals surface area contributed by atoms with Gasteiger partial charge in [0.05, 0.1) is 21.0 Å². The van der Waals surface area contributed by atoms with Gasteiger partial charge in [-0.2, -0.15) is 0 Å². The van der Waals surface area contributed by atoms with Gasteiger partial charge in [-0.1, -0.05) is 58.4 Å². The number of carboxylic acid groups (broad SMARTS) is 1. The molecule has 0 aliphatic carbocycles. The van der Waals surface area contributed by atoms with Crippen LogP contribution in [0.4, 0.5) is 5.69 Å². The van der Waals surface area contributed by atoms with Crippen LogP contribution in [0.2, 0.25) is 10.0 Å². The molecule has 38 heavy (non-hydrogen) atoms. The highest BCUT2D eigenvalue weighted by atomic mass is 35.5. The standard InChI is InChI=1S/C24H17Cl2N3O7S2/c25-13-5-4-11(7-14(13)26)27-15(30)9-36-12-3-1-2-10(6-12)17-18-20(37-21-19(17)38-24(35)28-21)23(34)29(22(18)33)8-16(31)32/h1-7,17-18,20H,8-9H2,(H,27,30)(H,28,35)(H,31,32)/t17-,18?,20?/m1/s1. The number of carbonyl (C=O) groups excluding carboxylic acids is 3. The summed E-state index contributed by atoms with van der Waals surface area (Å²) in [6.45, 7) is -1.07. The molecular weight excluding hydrogens is 577 g/mol. The molecule has 0 bridgehead atoms. The van der Waals surface area contributed by atoms with Crippen molar-refractivity contribution in [3.05, 3.63) is 72.6 Å². The molecule has 0 saturated carbocycles. The summed E-state index contributed by atoms with van der Waals surface area (Å²) >= 11 is 13.9. The quantitative estimate of drug-likeness (QED) is 0.353. The molecule has 3 N–H and O–H groups in total. The molecule has 196 valence electrons. The number of aromatic amines is 1. The SMILES string of the molecule is O=C(O)CN1C(=O)C2Sc3[nH]c(=O)sc3[C@H](c3cccc(OCC(=O)Nc4ccc(Cl)c(Cl)c4)c3)C2C1=O. The van der Waals surface area contributed by atoms with Crippen LogP contribution in [0.5, 0.6) is 5.75 Å². The average molecular weight is 594 g/mol. The fraction of sp³-hybridized carbons (Fsp3) is 0.208. The maximum Gasteiger partial charge on any atom is 0.323 e. The molecule has 0 spiro atoms. The van der Waals surface area contributed by atoms with E-state index in [0.29, 0.717) is 31.9 Å². The number of aliphatic carboxylic acids is 1. The number of nitrogens with one attached hydrogen (secondary N) is 2. The number of carboxylic acids is 1. The van der Waals surface area contributed by atoms with E-state index in [1.807, 2.05) is 0 Å². The Bertz CT molecular complexity index is 1540. The van der Waals surface area contributed by atoms with Crippen LogP contribution in [-0.4, -0.2) is 57.1 Å². The smallest absolute Gasteiger partial charge is 0.323 e. The number of fused-ring (bicyclic) bond motifs is 2. The number of rotatable bonds is 7. The minimum absolute atomic E-state index is 0.287. The summed E-state index contributed by atoms with van der Waals surface area (Å²) in [7, 11) is 0. The predicted octanol–water partition coefficient (Wildman–Crippen LogP) is 3.44. The summed E-state index contributed by atoms with van der Waals surface area (Å²) in [5.74, 6) is -4.24. The van der Waals surface area contributed by atoms with Gasteiger partial charge in [0.1, 0.15) is 17.5 Å². The lowest BCUT2D eigenvalue weighted by Gasteiger charge is -2.30. The molecule has 2 aliphatic rings. The number of hydrogen-bond acceptors (Lipinski definition) is 8. The number of ether oxygens (including phenoxy) is 1. The lowest BCUT2D eigenvalue weighted by atomic mass is 9.83. The number of halogens is 2. The molecule has 3 heterocycles. The Morgan fingerprint density at radius 2 is 1.87 bits per heavy atom. The van der Waals surface area contributed by atoms with Gasteiger partial charge in [0, 0.05) is 16.5 Å². The number of likely N-dealkylation sites (tertiary alicyclic amines) is 1. The number of thioether (sulfide) groups is 1. The van der Waals surface area contributed by atoms with Crippen molar-refractivity contribution in [3.8, 4) is 5.75 Å². The van der Waals surface area contributed by atoms with Gasteiger partial charge in [-0.15, -0.1) is 0 Å². The monoisotopic (exact) mass is 593 g/mol. The van der Waals surface area contributed by atoms with Crippen molar-refractivity contribution >= 4 is 75.7 Å². The highest BCUT2D eigenvalue weighted by molar-refractivity contribution is 8.00. The summed E-state index contributed by atoms with van der Waals surface area (Å²) in [5.41, 5.74) is 1.02. The zero-order valence-electron chi connectivity index (χ0n) is 19.1. The lowest BCUT2D eigenvalue weighted by molar-refractivity contribution is -0.149. The Balaban J connectivity index is 1.39. The molecule has 2 aromatic carbocycles. The van der Waals surface area contributed by atoms with Crippen molar-refractivity contribution in [1.29, 1.82) is 0 Å². The molecule has 3 amide bonds. The predicted molar refractivity (Wildman–Crippen MR) is 141 cm³/mol. The first-order valence-electron chi connectivity index (χ1n) is 11.1. The second-order valence-electron chi connectivity index (χ2n) is 8.44. The molecule has 1 fully saturated rings. The number of H-pyrrole nitrogens is 1. The van der Waals surface area contributed by atoms with Gasteiger partial charge in [0.25, 0.3) is 5.91 Å². The maximum atomic E-state index is 13.2. The third-order valence-electron chi connectivity index (χ3n) is 6.00. The van der Waals surface area contributed by atoms with Crippen LogP contribution >= 0.6 is 46.3 Å². The Morgan fingerprint density at radius 1 is 1.08 bits per heavy atom. The van der Waals surface area contributed by atoms with Crippen LogP contribution in [0.25, 0.3) is 0 Å². The zero-order chi connectivity index (χ0) is 27.1. The second-order valence-corrected chi connectivity index (χ2v) is 11.4.